The van der Waals surface area contributed by atoms with Crippen LogP contribution in [0.4, 0.5) is 0 Å². The SMILES string of the molecule is CC1CCNC(CN2CCSC(C)(C)CC2)C1. The van der Waals surface area contributed by atoms with E-state index in [9.17, 15) is 0 Å². The van der Waals surface area contributed by atoms with Gasteiger partial charge < -0.3 is 10.2 Å². The van der Waals surface area contributed by atoms with Crippen LogP contribution in [0.2, 0.25) is 0 Å². The molecule has 2 fully saturated rings. The molecule has 0 amide bonds. The Kier molecular flexibility index (Phi) is 4.79. The largest absolute Gasteiger partial charge is 0.313 e. The van der Waals surface area contributed by atoms with E-state index in [0.29, 0.717) is 4.75 Å². The first-order valence-corrected chi connectivity index (χ1v) is 8.13. The van der Waals surface area contributed by atoms with Crippen LogP contribution in [-0.4, -0.2) is 47.6 Å². The summed E-state index contributed by atoms with van der Waals surface area (Å²) in [6.07, 6.45) is 4.06. The third kappa shape index (κ3) is 4.46. The van der Waals surface area contributed by atoms with E-state index in [0.717, 1.165) is 12.0 Å². The minimum atomic E-state index is 0.488. The first kappa shape index (κ1) is 13.7. The molecular weight excluding hydrogens is 228 g/mol. The van der Waals surface area contributed by atoms with Crippen molar-refractivity contribution in [1.82, 2.24) is 10.2 Å². The molecule has 2 unspecified atom stereocenters. The van der Waals surface area contributed by atoms with Crippen molar-refractivity contribution in [2.45, 2.75) is 50.8 Å². The molecule has 0 bridgehead atoms. The Hall–Kier alpha value is 0.270. The van der Waals surface area contributed by atoms with Gasteiger partial charge in [0, 0.05) is 29.6 Å². The maximum absolute atomic E-state index is 3.69. The highest BCUT2D eigenvalue weighted by Crippen LogP contribution is 2.30. The van der Waals surface area contributed by atoms with Gasteiger partial charge in [-0.25, -0.2) is 0 Å². The van der Waals surface area contributed by atoms with Crippen LogP contribution in [0.15, 0.2) is 0 Å². The van der Waals surface area contributed by atoms with Crippen LogP contribution in [0, 0.1) is 5.92 Å². The molecule has 0 spiro atoms. The maximum atomic E-state index is 3.69. The average molecular weight is 256 g/mol. The van der Waals surface area contributed by atoms with Gasteiger partial charge in [-0.15, -0.1) is 0 Å². The fraction of sp³-hybridized carbons (Fsp3) is 1.00. The van der Waals surface area contributed by atoms with Gasteiger partial charge in [0.2, 0.25) is 0 Å². The lowest BCUT2D eigenvalue weighted by Gasteiger charge is -2.32. The zero-order valence-electron chi connectivity index (χ0n) is 11.7. The highest BCUT2D eigenvalue weighted by Gasteiger charge is 2.26. The topological polar surface area (TPSA) is 15.3 Å². The number of piperidine rings is 1. The molecule has 2 saturated heterocycles. The van der Waals surface area contributed by atoms with E-state index in [-0.39, 0.29) is 0 Å². The molecule has 0 saturated carbocycles. The molecule has 100 valence electrons. The minimum Gasteiger partial charge on any atom is -0.313 e. The quantitative estimate of drug-likeness (QED) is 0.817. The molecule has 2 aliphatic rings. The van der Waals surface area contributed by atoms with Gasteiger partial charge in [0.15, 0.2) is 0 Å². The zero-order chi connectivity index (χ0) is 12.3. The second kappa shape index (κ2) is 5.94. The van der Waals surface area contributed by atoms with E-state index in [4.69, 9.17) is 0 Å². The van der Waals surface area contributed by atoms with Gasteiger partial charge in [0.1, 0.15) is 0 Å². The van der Waals surface area contributed by atoms with E-state index < -0.39 is 0 Å². The number of thioether (sulfide) groups is 1. The molecule has 0 aromatic heterocycles. The molecule has 17 heavy (non-hydrogen) atoms. The summed E-state index contributed by atoms with van der Waals surface area (Å²) in [5, 5.41) is 3.69. The molecule has 0 aromatic carbocycles. The number of nitrogens with one attached hydrogen (secondary N) is 1. The van der Waals surface area contributed by atoms with Gasteiger partial charge >= 0.3 is 0 Å². The molecule has 0 radical (unpaired) electrons. The van der Waals surface area contributed by atoms with Gasteiger partial charge in [-0.05, 0) is 38.3 Å². The molecule has 2 rings (SSSR count). The molecule has 1 N–H and O–H groups in total. The molecule has 3 heteroatoms. The molecule has 0 aliphatic carbocycles. The summed E-state index contributed by atoms with van der Waals surface area (Å²) < 4.78 is 0.488. The summed E-state index contributed by atoms with van der Waals surface area (Å²) in [6, 6.07) is 0.741. The smallest absolute Gasteiger partial charge is 0.0197 e. The van der Waals surface area contributed by atoms with Crippen LogP contribution >= 0.6 is 11.8 Å². The van der Waals surface area contributed by atoms with E-state index in [1.54, 1.807) is 0 Å². The average Bonchev–Trinajstić information content (AvgIpc) is 2.41. The zero-order valence-corrected chi connectivity index (χ0v) is 12.5. The summed E-state index contributed by atoms with van der Waals surface area (Å²) in [5.74, 6) is 2.22. The highest BCUT2D eigenvalue weighted by molar-refractivity contribution is 8.00. The lowest BCUT2D eigenvalue weighted by atomic mass is 9.94. The lowest BCUT2D eigenvalue weighted by molar-refractivity contribution is 0.212. The summed E-state index contributed by atoms with van der Waals surface area (Å²) in [7, 11) is 0. The second-order valence-corrected chi connectivity index (χ2v) is 8.24. The van der Waals surface area contributed by atoms with Crippen molar-refractivity contribution in [3.8, 4) is 0 Å². The number of nitrogens with zero attached hydrogens (tertiary/aromatic N) is 1. The first-order valence-electron chi connectivity index (χ1n) is 7.15. The predicted octanol–water partition coefficient (Wildman–Crippen LogP) is 2.59. The summed E-state index contributed by atoms with van der Waals surface area (Å²) in [4.78, 5) is 2.68. The molecule has 2 heterocycles. The van der Waals surface area contributed by atoms with E-state index >= 15 is 0 Å². The van der Waals surface area contributed by atoms with Crippen LogP contribution in [0.5, 0.6) is 0 Å². The standard InChI is InChI=1S/C14H28N2S/c1-12-4-6-15-13(10-12)11-16-7-5-14(2,3)17-9-8-16/h12-13,15H,4-11H2,1-3H3. The Bertz CT molecular complexity index is 242. The first-order chi connectivity index (χ1) is 8.05. The van der Waals surface area contributed by atoms with Crippen molar-refractivity contribution in [3.63, 3.8) is 0 Å². The fourth-order valence-electron chi connectivity index (χ4n) is 2.92. The van der Waals surface area contributed by atoms with Crippen LogP contribution in [0.25, 0.3) is 0 Å². The maximum Gasteiger partial charge on any atom is 0.0197 e. The molecular formula is C14H28N2S. The van der Waals surface area contributed by atoms with Gasteiger partial charge in [-0.2, -0.15) is 11.8 Å². The van der Waals surface area contributed by atoms with Gasteiger partial charge in [-0.3, -0.25) is 0 Å². The van der Waals surface area contributed by atoms with Crippen molar-refractivity contribution in [2.24, 2.45) is 5.92 Å². The number of rotatable bonds is 2. The third-order valence-electron chi connectivity index (χ3n) is 4.17. The fourth-order valence-corrected chi connectivity index (χ4v) is 4.05. The summed E-state index contributed by atoms with van der Waals surface area (Å²) in [6.45, 7) is 12.2. The monoisotopic (exact) mass is 256 g/mol. The highest BCUT2D eigenvalue weighted by atomic mass is 32.2. The van der Waals surface area contributed by atoms with Crippen molar-refractivity contribution < 1.29 is 0 Å². The summed E-state index contributed by atoms with van der Waals surface area (Å²) >= 11 is 2.15. The molecule has 2 atom stereocenters. The van der Waals surface area contributed by atoms with Crippen LogP contribution in [0.3, 0.4) is 0 Å². The van der Waals surface area contributed by atoms with Gasteiger partial charge in [0.25, 0.3) is 0 Å². The molecule has 2 aliphatic heterocycles. The van der Waals surface area contributed by atoms with E-state index in [1.165, 1.54) is 51.2 Å². The minimum absolute atomic E-state index is 0.488. The van der Waals surface area contributed by atoms with Crippen molar-refractivity contribution >= 4 is 11.8 Å². The number of hydrogen-bond donors (Lipinski definition) is 1. The summed E-state index contributed by atoms with van der Waals surface area (Å²) in [5.41, 5.74) is 0. The van der Waals surface area contributed by atoms with Crippen molar-refractivity contribution in [1.29, 1.82) is 0 Å². The van der Waals surface area contributed by atoms with Crippen molar-refractivity contribution in [3.05, 3.63) is 0 Å². The van der Waals surface area contributed by atoms with Gasteiger partial charge in [0.05, 0.1) is 0 Å². The van der Waals surface area contributed by atoms with Crippen LogP contribution in [-0.2, 0) is 0 Å². The Labute approximate surface area is 111 Å². The van der Waals surface area contributed by atoms with Crippen molar-refractivity contribution in [2.75, 3.05) is 31.9 Å². The second-order valence-electron chi connectivity index (χ2n) is 6.44. The van der Waals surface area contributed by atoms with Crippen LogP contribution in [0.1, 0.15) is 40.0 Å². The predicted molar refractivity (Wildman–Crippen MR) is 77.8 cm³/mol. The van der Waals surface area contributed by atoms with E-state index in [1.807, 2.05) is 0 Å². The normalized spacial score (nSPS) is 35.5. The third-order valence-corrected chi connectivity index (χ3v) is 5.54. The Morgan fingerprint density at radius 2 is 2.18 bits per heavy atom. The Morgan fingerprint density at radius 3 is 2.94 bits per heavy atom. The van der Waals surface area contributed by atoms with Crippen LogP contribution < -0.4 is 5.32 Å². The van der Waals surface area contributed by atoms with Gasteiger partial charge in [-0.1, -0.05) is 20.8 Å². The Balaban J connectivity index is 1.78. The Morgan fingerprint density at radius 1 is 1.35 bits per heavy atom. The molecule has 2 nitrogen and oxygen atoms in total. The number of hydrogen-bond acceptors (Lipinski definition) is 3. The molecule has 0 aromatic rings. The van der Waals surface area contributed by atoms with E-state index in [2.05, 4.69) is 42.7 Å². The lowest BCUT2D eigenvalue weighted by Crippen LogP contribution is -2.46.